The number of nitrogens with one attached hydrogen (secondary N) is 2. The lowest BCUT2D eigenvalue weighted by molar-refractivity contribution is -0.127. The van der Waals surface area contributed by atoms with E-state index in [4.69, 9.17) is 0 Å². The van der Waals surface area contributed by atoms with Gasteiger partial charge in [0.15, 0.2) is 0 Å². The zero-order valence-corrected chi connectivity index (χ0v) is 11.7. The lowest BCUT2D eigenvalue weighted by atomic mass is 10.1. The number of alkyl halides is 3. The van der Waals surface area contributed by atoms with Crippen LogP contribution in [0.5, 0.6) is 0 Å². The number of aliphatic hydroxyl groups is 1. The van der Waals surface area contributed by atoms with E-state index >= 15 is 0 Å². The first kappa shape index (κ1) is 17.3. The van der Waals surface area contributed by atoms with Gasteiger partial charge in [0.1, 0.15) is 0 Å². The van der Waals surface area contributed by atoms with Gasteiger partial charge in [-0.25, -0.2) is 4.79 Å². The summed E-state index contributed by atoms with van der Waals surface area (Å²) in [5, 5.41) is 14.3. The van der Waals surface area contributed by atoms with E-state index in [9.17, 15) is 23.1 Å². The zero-order chi connectivity index (χ0) is 15.9. The molecule has 21 heavy (non-hydrogen) atoms. The monoisotopic (exact) mass is 304 g/mol. The van der Waals surface area contributed by atoms with Crippen LogP contribution in [-0.2, 0) is 6.42 Å². The molecule has 1 aromatic rings. The Labute approximate surface area is 121 Å². The van der Waals surface area contributed by atoms with Gasteiger partial charge in [-0.1, -0.05) is 19.1 Å². The number of amides is 2. The number of carbonyl (C=O) groups is 1. The number of carbonyl (C=O) groups excluding carboxylic acids is 1. The van der Waals surface area contributed by atoms with Gasteiger partial charge in [-0.3, -0.25) is 0 Å². The smallest absolute Gasteiger partial charge is 0.393 e. The molecular formula is C14H19F3N2O2. The SMILES string of the molecule is CCC(O)CCNC(=O)Nc1cccc(CC(F)(F)F)c1. The zero-order valence-electron chi connectivity index (χ0n) is 11.7. The molecule has 1 rings (SSSR count). The molecule has 0 bridgehead atoms. The van der Waals surface area contributed by atoms with E-state index in [-0.39, 0.29) is 5.56 Å². The van der Waals surface area contributed by atoms with E-state index in [0.29, 0.717) is 25.1 Å². The van der Waals surface area contributed by atoms with Gasteiger partial charge in [-0.15, -0.1) is 0 Å². The lowest BCUT2D eigenvalue weighted by Gasteiger charge is -2.11. The van der Waals surface area contributed by atoms with Gasteiger partial charge in [0.25, 0.3) is 0 Å². The Morgan fingerprint density at radius 2 is 2.10 bits per heavy atom. The number of benzene rings is 1. The fourth-order valence-electron chi connectivity index (χ4n) is 1.72. The van der Waals surface area contributed by atoms with E-state index in [2.05, 4.69) is 10.6 Å². The number of halogens is 3. The van der Waals surface area contributed by atoms with Gasteiger partial charge in [-0.2, -0.15) is 13.2 Å². The van der Waals surface area contributed by atoms with Crippen molar-refractivity contribution >= 4 is 11.7 Å². The van der Waals surface area contributed by atoms with Gasteiger partial charge >= 0.3 is 12.2 Å². The topological polar surface area (TPSA) is 61.4 Å². The molecule has 0 fully saturated rings. The van der Waals surface area contributed by atoms with Crippen LogP contribution in [0.1, 0.15) is 25.3 Å². The first-order valence-corrected chi connectivity index (χ1v) is 6.68. The third-order valence-electron chi connectivity index (χ3n) is 2.82. The molecule has 2 amide bonds. The molecule has 118 valence electrons. The summed E-state index contributed by atoms with van der Waals surface area (Å²) in [4.78, 5) is 11.6. The highest BCUT2D eigenvalue weighted by atomic mass is 19.4. The highest BCUT2D eigenvalue weighted by molar-refractivity contribution is 5.89. The fourth-order valence-corrected chi connectivity index (χ4v) is 1.72. The second-order valence-corrected chi connectivity index (χ2v) is 4.72. The summed E-state index contributed by atoms with van der Waals surface area (Å²) >= 11 is 0. The largest absolute Gasteiger partial charge is 0.393 e. The Morgan fingerprint density at radius 1 is 1.38 bits per heavy atom. The van der Waals surface area contributed by atoms with Gasteiger partial charge in [0.2, 0.25) is 0 Å². The van der Waals surface area contributed by atoms with Crippen molar-refractivity contribution in [3.8, 4) is 0 Å². The van der Waals surface area contributed by atoms with Crippen molar-refractivity contribution in [3.63, 3.8) is 0 Å². The van der Waals surface area contributed by atoms with Crippen LogP contribution in [-0.4, -0.2) is 30.0 Å². The van der Waals surface area contributed by atoms with E-state index in [1.807, 2.05) is 6.92 Å². The molecule has 0 saturated heterocycles. The average Bonchev–Trinajstić information content (AvgIpc) is 2.36. The lowest BCUT2D eigenvalue weighted by Crippen LogP contribution is -2.31. The molecule has 0 aliphatic carbocycles. The summed E-state index contributed by atoms with van der Waals surface area (Å²) in [6.45, 7) is 2.12. The van der Waals surface area contributed by atoms with Crippen molar-refractivity contribution in [2.45, 2.75) is 38.5 Å². The van der Waals surface area contributed by atoms with Crippen molar-refractivity contribution in [1.82, 2.24) is 5.32 Å². The number of anilines is 1. The summed E-state index contributed by atoms with van der Waals surface area (Å²) < 4.78 is 36.9. The minimum atomic E-state index is -4.28. The van der Waals surface area contributed by atoms with Gasteiger partial charge < -0.3 is 15.7 Å². The van der Waals surface area contributed by atoms with Crippen LogP contribution in [0.3, 0.4) is 0 Å². The third kappa shape index (κ3) is 7.55. The van der Waals surface area contributed by atoms with Gasteiger partial charge in [-0.05, 0) is 30.5 Å². The standard InChI is InChI=1S/C14H19F3N2O2/c1-2-12(20)6-7-18-13(21)19-11-5-3-4-10(8-11)9-14(15,16)17/h3-5,8,12,20H,2,6-7,9H2,1H3,(H2,18,19,21). The molecule has 0 heterocycles. The molecule has 0 radical (unpaired) electrons. The Kier molecular flexibility index (Phi) is 6.48. The van der Waals surface area contributed by atoms with Crippen LogP contribution in [0.25, 0.3) is 0 Å². The second kappa shape index (κ2) is 7.87. The quantitative estimate of drug-likeness (QED) is 0.756. The summed E-state index contributed by atoms with van der Waals surface area (Å²) in [5.41, 5.74) is 0.381. The molecule has 1 atom stereocenters. The summed E-state index contributed by atoms with van der Waals surface area (Å²) in [5.74, 6) is 0. The van der Waals surface area contributed by atoms with Crippen LogP contribution in [0.15, 0.2) is 24.3 Å². The van der Waals surface area contributed by atoms with Crippen LogP contribution >= 0.6 is 0 Å². The Balaban J connectivity index is 2.47. The van der Waals surface area contributed by atoms with Gasteiger partial charge in [0, 0.05) is 12.2 Å². The maximum atomic E-state index is 12.3. The van der Waals surface area contributed by atoms with Gasteiger partial charge in [0.05, 0.1) is 12.5 Å². The van der Waals surface area contributed by atoms with Crippen LogP contribution in [0.4, 0.5) is 23.7 Å². The van der Waals surface area contributed by atoms with Crippen molar-refractivity contribution in [1.29, 1.82) is 0 Å². The molecule has 0 aromatic heterocycles. The minimum absolute atomic E-state index is 0.0849. The third-order valence-corrected chi connectivity index (χ3v) is 2.82. The minimum Gasteiger partial charge on any atom is -0.393 e. The number of aliphatic hydroxyl groups excluding tert-OH is 1. The van der Waals surface area contributed by atoms with Crippen LogP contribution in [0, 0.1) is 0 Å². The number of urea groups is 1. The van der Waals surface area contributed by atoms with E-state index in [1.165, 1.54) is 24.3 Å². The Bertz CT molecular complexity index is 464. The predicted octanol–water partition coefficient (Wildman–Crippen LogP) is 3.07. The second-order valence-electron chi connectivity index (χ2n) is 4.72. The molecule has 0 saturated carbocycles. The van der Waals surface area contributed by atoms with Crippen molar-refractivity contribution in [2.75, 3.05) is 11.9 Å². The van der Waals surface area contributed by atoms with Crippen molar-refractivity contribution in [2.24, 2.45) is 0 Å². The summed E-state index contributed by atoms with van der Waals surface area (Å²) in [7, 11) is 0. The maximum Gasteiger partial charge on any atom is 0.393 e. The molecule has 1 unspecified atom stereocenters. The summed E-state index contributed by atoms with van der Waals surface area (Å²) in [6.07, 6.45) is -4.76. The molecular weight excluding hydrogens is 285 g/mol. The highest BCUT2D eigenvalue weighted by Gasteiger charge is 2.27. The molecule has 7 heteroatoms. The molecule has 3 N–H and O–H groups in total. The van der Waals surface area contributed by atoms with E-state index in [1.54, 1.807) is 0 Å². The van der Waals surface area contributed by atoms with Crippen molar-refractivity contribution in [3.05, 3.63) is 29.8 Å². The first-order chi connectivity index (χ1) is 9.80. The Morgan fingerprint density at radius 3 is 2.71 bits per heavy atom. The predicted molar refractivity (Wildman–Crippen MR) is 74.1 cm³/mol. The Hall–Kier alpha value is -1.76. The molecule has 4 nitrogen and oxygen atoms in total. The normalized spacial score (nSPS) is 12.8. The van der Waals surface area contributed by atoms with Crippen LogP contribution < -0.4 is 10.6 Å². The number of hydrogen-bond donors (Lipinski definition) is 3. The molecule has 0 aliphatic heterocycles. The van der Waals surface area contributed by atoms with Crippen molar-refractivity contribution < 1.29 is 23.1 Å². The van der Waals surface area contributed by atoms with Crippen LogP contribution in [0.2, 0.25) is 0 Å². The molecule has 1 aromatic carbocycles. The number of hydrogen-bond acceptors (Lipinski definition) is 2. The number of rotatable bonds is 6. The first-order valence-electron chi connectivity index (χ1n) is 6.68. The summed E-state index contributed by atoms with van der Waals surface area (Å²) in [6, 6.07) is 5.10. The molecule has 0 aliphatic rings. The van der Waals surface area contributed by atoms with E-state index in [0.717, 1.165) is 0 Å². The molecule has 0 spiro atoms. The van der Waals surface area contributed by atoms with E-state index < -0.39 is 24.7 Å². The average molecular weight is 304 g/mol. The highest BCUT2D eigenvalue weighted by Crippen LogP contribution is 2.22. The fraction of sp³-hybridized carbons (Fsp3) is 0.500. The maximum absolute atomic E-state index is 12.3.